The van der Waals surface area contributed by atoms with Crippen LogP contribution in [0.2, 0.25) is 0 Å². The van der Waals surface area contributed by atoms with E-state index in [1.807, 2.05) is 39.3 Å². The van der Waals surface area contributed by atoms with E-state index in [0.29, 0.717) is 11.5 Å². The van der Waals surface area contributed by atoms with Crippen LogP contribution in [0.25, 0.3) is 0 Å². The lowest BCUT2D eigenvalue weighted by molar-refractivity contribution is 0.0934. The minimum Gasteiger partial charge on any atom is -0.344 e. The molecule has 2 aromatic heterocycles. The molecule has 0 saturated carbocycles. The SMILES string of the molecule is CCn1nc(C)c(C(C)NC(=O)c2ccnc(C(C)C)n2)c1C. The predicted molar refractivity (Wildman–Crippen MR) is 89.4 cm³/mol. The minimum absolute atomic E-state index is 0.125. The first-order chi connectivity index (χ1) is 10.8. The molecule has 0 aliphatic heterocycles. The maximum Gasteiger partial charge on any atom is 0.270 e. The lowest BCUT2D eigenvalue weighted by Gasteiger charge is -2.15. The summed E-state index contributed by atoms with van der Waals surface area (Å²) in [5.74, 6) is 0.675. The van der Waals surface area contributed by atoms with E-state index in [-0.39, 0.29) is 17.9 Å². The zero-order valence-corrected chi connectivity index (χ0v) is 14.7. The molecule has 6 heteroatoms. The van der Waals surface area contributed by atoms with Gasteiger partial charge in [-0.1, -0.05) is 13.8 Å². The number of hydrogen-bond donors (Lipinski definition) is 1. The van der Waals surface area contributed by atoms with Crippen molar-refractivity contribution in [3.63, 3.8) is 0 Å². The Hall–Kier alpha value is -2.24. The molecule has 2 rings (SSSR count). The number of rotatable bonds is 5. The third-order valence-corrected chi connectivity index (χ3v) is 3.94. The Morgan fingerprint density at radius 3 is 2.57 bits per heavy atom. The average molecular weight is 315 g/mol. The van der Waals surface area contributed by atoms with Gasteiger partial charge >= 0.3 is 0 Å². The van der Waals surface area contributed by atoms with Crippen molar-refractivity contribution in [1.29, 1.82) is 0 Å². The van der Waals surface area contributed by atoms with Gasteiger partial charge in [0.15, 0.2) is 0 Å². The lowest BCUT2D eigenvalue weighted by atomic mass is 10.1. The first kappa shape index (κ1) is 17.1. The molecule has 23 heavy (non-hydrogen) atoms. The molecular weight excluding hydrogens is 290 g/mol. The predicted octanol–water partition coefficient (Wildman–Crippen LogP) is 2.92. The average Bonchev–Trinajstić information content (AvgIpc) is 2.81. The summed E-state index contributed by atoms with van der Waals surface area (Å²) in [6.07, 6.45) is 1.63. The number of carbonyl (C=O) groups is 1. The molecule has 0 spiro atoms. The van der Waals surface area contributed by atoms with Gasteiger partial charge in [0, 0.05) is 29.9 Å². The van der Waals surface area contributed by atoms with E-state index in [1.165, 1.54) is 0 Å². The third kappa shape index (κ3) is 3.57. The topological polar surface area (TPSA) is 72.7 Å². The normalized spacial score (nSPS) is 12.5. The Morgan fingerprint density at radius 2 is 2.00 bits per heavy atom. The summed E-state index contributed by atoms with van der Waals surface area (Å²) >= 11 is 0. The molecule has 1 atom stereocenters. The second-order valence-electron chi connectivity index (χ2n) is 6.05. The number of aromatic nitrogens is 4. The summed E-state index contributed by atoms with van der Waals surface area (Å²) in [6.45, 7) is 12.9. The fourth-order valence-electron chi connectivity index (χ4n) is 2.77. The van der Waals surface area contributed by atoms with Gasteiger partial charge < -0.3 is 5.32 Å². The lowest BCUT2D eigenvalue weighted by Crippen LogP contribution is -2.28. The Kier molecular flexibility index (Phi) is 5.13. The summed E-state index contributed by atoms with van der Waals surface area (Å²) in [5, 5.41) is 7.52. The first-order valence-corrected chi connectivity index (χ1v) is 8.02. The van der Waals surface area contributed by atoms with Gasteiger partial charge in [-0.3, -0.25) is 9.48 Å². The molecule has 0 radical (unpaired) electrons. The van der Waals surface area contributed by atoms with Gasteiger partial charge in [-0.15, -0.1) is 0 Å². The second kappa shape index (κ2) is 6.89. The van der Waals surface area contributed by atoms with Crippen LogP contribution in [0.15, 0.2) is 12.3 Å². The van der Waals surface area contributed by atoms with Crippen LogP contribution in [0.4, 0.5) is 0 Å². The van der Waals surface area contributed by atoms with Crippen molar-refractivity contribution in [2.45, 2.75) is 60.0 Å². The largest absolute Gasteiger partial charge is 0.344 e. The number of nitrogens with zero attached hydrogens (tertiary/aromatic N) is 4. The maximum absolute atomic E-state index is 12.5. The van der Waals surface area contributed by atoms with Crippen LogP contribution in [0.3, 0.4) is 0 Å². The minimum atomic E-state index is -0.190. The van der Waals surface area contributed by atoms with Crippen molar-refractivity contribution < 1.29 is 4.79 Å². The monoisotopic (exact) mass is 315 g/mol. The van der Waals surface area contributed by atoms with Crippen LogP contribution in [0.5, 0.6) is 0 Å². The molecule has 1 unspecified atom stereocenters. The molecule has 6 nitrogen and oxygen atoms in total. The molecule has 1 amide bonds. The standard InChI is InChI=1S/C17H25N5O/c1-7-22-13(6)15(12(5)21-22)11(4)19-17(23)14-8-9-18-16(20-14)10(2)3/h8-11H,7H2,1-6H3,(H,19,23). The van der Waals surface area contributed by atoms with Gasteiger partial charge in [0.25, 0.3) is 5.91 Å². The van der Waals surface area contributed by atoms with Gasteiger partial charge in [-0.05, 0) is 33.8 Å². The van der Waals surface area contributed by atoms with Crippen molar-refractivity contribution >= 4 is 5.91 Å². The van der Waals surface area contributed by atoms with Gasteiger partial charge in [0.05, 0.1) is 11.7 Å². The highest BCUT2D eigenvalue weighted by Crippen LogP contribution is 2.21. The highest BCUT2D eigenvalue weighted by Gasteiger charge is 2.20. The molecule has 0 bridgehead atoms. The maximum atomic E-state index is 12.5. The van der Waals surface area contributed by atoms with E-state index in [0.717, 1.165) is 23.5 Å². The van der Waals surface area contributed by atoms with Crippen molar-refractivity contribution in [2.75, 3.05) is 0 Å². The Bertz CT molecular complexity index is 705. The summed E-state index contributed by atoms with van der Waals surface area (Å²) < 4.78 is 1.95. The first-order valence-electron chi connectivity index (χ1n) is 8.02. The number of amides is 1. The Labute approximate surface area is 137 Å². The number of carbonyl (C=O) groups excluding carboxylic acids is 1. The van der Waals surface area contributed by atoms with Crippen molar-refractivity contribution in [2.24, 2.45) is 0 Å². The number of aryl methyl sites for hydroxylation is 2. The fourth-order valence-corrected chi connectivity index (χ4v) is 2.77. The van der Waals surface area contributed by atoms with Crippen LogP contribution in [-0.2, 0) is 6.54 Å². The van der Waals surface area contributed by atoms with Crippen LogP contribution in [0, 0.1) is 13.8 Å². The van der Waals surface area contributed by atoms with E-state index < -0.39 is 0 Å². The molecule has 0 aromatic carbocycles. The molecular formula is C17H25N5O. The van der Waals surface area contributed by atoms with Crippen molar-refractivity contribution in [1.82, 2.24) is 25.1 Å². The number of nitrogens with one attached hydrogen (secondary N) is 1. The highest BCUT2D eigenvalue weighted by atomic mass is 16.1. The highest BCUT2D eigenvalue weighted by molar-refractivity contribution is 5.92. The van der Waals surface area contributed by atoms with Gasteiger partial charge in [-0.25, -0.2) is 9.97 Å². The molecule has 0 aliphatic carbocycles. The van der Waals surface area contributed by atoms with Gasteiger partial charge in [0.2, 0.25) is 0 Å². The summed E-state index contributed by atoms with van der Waals surface area (Å²) in [7, 11) is 0. The molecule has 124 valence electrons. The van der Waals surface area contributed by atoms with Crippen molar-refractivity contribution in [3.8, 4) is 0 Å². The zero-order valence-electron chi connectivity index (χ0n) is 14.7. The van der Waals surface area contributed by atoms with E-state index >= 15 is 0 Å². The van der Waals surface area contributed by atoms with E-state index in [4.69, 9.17) is 0 Å². The van der Waals surface area contributed by atoms with Crippen LogP contribution in [0.1, 0.15) is 72.9 Å². The zero-order chi connectivity index (χ0) is 17.1. The molecule has 1 N–H and O–H groups in total. The quantitative estimate of drug-likeness (QED) is 0.920. The van der Waals surface area contributed by atoms with E-state index in [1.54, 1.807) is 12.3 Å². The molecule has 2 heterocycles. The van der Waals surface area contributed by atoms with Crippen molar-refractivity contribution in [3.05, 3.63) is 40.7 Å². The van der Waals surface area contributed by atoms with Gasteiger partial charge in [0.1, 0.15) is 11.5 Å². The molecule has 0 saturated heterocycles. The smallest absolute Gasteiger partial charge is 0.270 e. The van der Waals surface area contributed by atoms with Crippen LogP contribution < -0.4 is 5.32 Å². The summed E-state index contributed by atoms with van der Waals surface area (Å²) in [6, 6.07) is 1.52. The summed E-state index contributed by atoms with van der Waals surface area (Å²) in [5.41, 5.74) is 3.50. The fraction of sp³-hybridized carbons (Fsp3) is 0.529. The molecule has 0 aliphatic rings. The Morgan fingerprint density at radius 1 is 1.30 bits per heavy atom. The summed E-state index contributed by atoms with van der Waals surface area (Å²) in [4.78, 5) is 21.0. The van der Waals surface area contributed by atoms with Gasteiger partial charge in [-0.2, -0.15) is 5.10 Å². The van der Waals surface area contributed by atoms with Crippen LogP contribution in [-0.4, -0.2) is 25.7 Å². The molecule has 0 fully saturated rings. The number of hydrogen-bond acceptors (Lipinski definition) is 4. The van der Waals surface area contributed by atoms with Crippen LogP contribution >= 0.6 is 0 Å². The second-order valence-corrected chi connectivity index (χ2v) is 6.05. The third-order valence-electron chi connectivity index (χ3n) is 3.94. The van der Waals surface area contributed by atoms with E-state index in [2.05, 4.69) is 27.3 Å². The Balaban J connectivity index is 2.20. The van der Waals surface area contributed by atoms with E-state index in [9.17, 15) is 4.79 Å². The molecule has 2 aromatic rings.